The van der Waals surface area contributed by atoms with Gasteiger partial charge in [-0.2, -0.15) is 0 Å². The predicted molar refractivity (Wildman–Crippen MR) is 49.5 cm³/mol. The second-order valence-corrected chi connectivity index (χ2v) is 2.90. The molecule has 1 atom stereocenters. The molecule has 0 spiro atoms. The van der Waals surface area contributed by atoms with Crippen LogP contribution in [0.2, 0.25) is 0 Å². The number of nitrogens with one attached hydrogen (secondary N) is 2. The van der Waals surface area contributed by atoms with E-state index in [1.165, 1.54) is 6.33 Å². The topological polar surface area (TPSA) is 79.2 Å². The molecule has 0 fully saturated rings. The average Bonchev–Trinajstić information content (AvgIpc) is 2.49. The molecule has 14 heavy (non-hydrogen) atoms. The van der Waals surface area contributed by atoms with Crippen molar-refractivity contribution in [2.24, 2.45) is 0 Å². The van der Waals surface area contributed by atoms with Crippen LogP contribution in [0.1, 0.15) is 10.5 Å². The number of imidazole rings is 1. The Kier molecular flexibility index (Phi) is 1.97. The smallest absolute Gasteiger partial charge is 0.275 e. The van der Waals surface area contributed by atoms with Crippen molar-refractivity contribution in [2.75, 3.05) is 5.32 Å². The van der Waals surface area contributed by atoms with Gasteiger partial charge in [0.1, 0.15) is 0 Å². The molecule has 1 aliphatic heterocycles. The molecule has 0 radical (unpaired) electrons. The molecule has 1 aliphatic rings. The van der Waals surface area contributed by atoms with Crippen LogP contribution in [0.3, 0.4) is 0 Å². The molecule has 0 aliphatic carbocycles. The zero-order chi connectivity index (χ0) is 10.1. The fraction of sp³-hybridized carbons (Fsp3) is 0.250. The maximum absolute atomic E-state index is 11.4. The molecule has 1 aromatic heterocycles. The van der Waals surface area contributed by atoms with Crippen molar-refractivity contribution < 1.29 is 9.90 Å². The summed E-state index contributed by atoms with van der Waals surface area (Å²) in [5.41, 5.74) is 0.412. The van der Waals surface area contributed by atoms with E-state index in [0.29, 0.717) is 18.1 Å². The monoisotopic (exact) mass is 194 g/mol. The molecular weight excluding hydrogens is 184 g/mol. The summed E-state index contributed by atoms with van der Waals surface area (Å²) in [6, 6.07) is 0. The van der Waals surface area contributed by atoms with E-state index in [9.17, 15) is 4.79 Å². The maximum Gasteiger partial charge on any atom is 0.275 e. The van der Waals surface area contributed by atoms with Crippen molar-refractivity contribution in [1.82, 2.24) is 14.9 Å². The average molecular weight is 194 g/mol. The molecule has 6 heteroatoms. The van der Waals surface area contributed by atoms with E-state index >= 15 is 0 Å². The number of aliphatic hydroxyl groups is 1. The molecular formula is C8H10N4O2. The Morgan fingerprint density at radius 3 is 3.21 bits per heavy atom. The van der Waals surface area contributed by atoms with Gasteiger partial charge in [0.25, 0.3) is 5.91 Å². The Bertz CT molecular complexity index is 385. The normalized spacial score (nSPS) is 19.5. The molecule has 1 aromatic rings. The third-order valence-corrected chi connectivity index (χ3v) is 1.92. The Hall–Kier alpha value is -1.82. The fourth-order valence-corrected chi connectivity index (χ4v) is 1.36. The summed E-state index contributed by atoms with van der Waals surface area (Å²) >= 11 is 0. The van der Waals surface area contributed by atoms with Crippen LogP contribution in [0.15, 0.2) is 19.0 Å². The third-order valence-electron chi connectivity index (χ3n) is 1.92. The zero-order valence-corrected chi connectivity index (χ0v) is 7.40. The van der Waals surface area contributed by atoms with Crippen LogP contribution in [-0.4, -0.2) is 26.9 Å². The van der Waals surface area contributed by atoms with Crippen LogP contribution >= 0.6 is 0 Å². The predicted octanol–water partition coefficient (Wildman–Crippen LogP) is -0.500. The van der Waals surface area contributed by atoms with Crippen LogP contribution in [0.4, 0.5) is 5.82 Å². The number of aromatic nitrogens is 2. The minimum Gasteiger partial charge on any atom is -0.356 e. The maximum atomic E-state index is 11.4. The van der Waals surface area contributed by atoms with Gasteiger partial charge >= 0.3 is 0 Å². The largest absolute Gasteiger partial charge is 0.356 e. The number of hydrogen-bond acceptors (Lipinski definition) is 4. The molecule has 0 bridgehead atoms. The highest BCUT2D eigenvalue weighted by molar-refractivity contribution is 5.99. The van der Waals surface area contributed by atoms with Crippen molar-refractivity contribution in [3.63, 3.8) is 0 Å². The second kappa shape index (κ2) is 3.15. The standard InChI is InChI=1S/C8H10N4O2/c1-2-3-12-4-9-6-5(12)7(13)11-8(14)10-6/h2,4,8,10,14H,1,3H2,(H,11,13). The molecule has 2 heterocycles. The molecule has 0 aromatic carbocycles. The first kappa shape index (κ1) is 8.76. The number of allylic oxidation sites excluding steroid dienone is 1. The van der Waals surface area contributed by atoms with Crippen molar-refractivity contribution in [3.05, 3.63) is 24.7 Å². The van der Waals surface area contributed by atoms with Gasteiger partial charge in [-0.1, -0.05) is 6.08 Å². The lowest BCUT2D eigenvalue weighted by Crippen LogP contribution is -2.45. The number of hydrogen-bond donors (Lipinski definition) is 3. The number of amides is 1. The van der Waals surface area contributed by atoms with E-state index in [1.54, 1.807) is 10.6 Å². The lowest BCUT2D eigenvalue weighted by molar-refractivity contribution is 0.0803. The van der Waals surface area contributed by atoms with E-state index in [0.717, 1.165) is 0 Å². The molecule has 1 amide bonds. The molecule has 0 saturated carbocycles. The van der Waals surface area contributed by atoms with Crippen molar-refractivity contribution >= 4 is 11.7 Å². The van der Waals surface area contributed by atoms with Crippen molar-refractivity contribution in [3.8, 4) is 0 Å². The van der Waals surface area contributed by atoms with E-state index < -0.39 is 6.35 Å². The van der Waals surface area contributed by atoms with Gasteiger partial charge in [-0.3, -0.25) is 4.79 Å². The Balaban J connectivity index is 2.41. The summed E-state index contributed by atoms with van der Waals surface area (Å²) in [4.78, 5) is 15.4. The molecule has 1 unspecified atom stereocenters. The van der Waals surface area contributed by atoms with Gasteiger partial charge in [-0.05, 0) is 0 Å². The quantitative estimate of drug-likeness (QED) is 0.554. The molecule has 3 N–H and O–H groups in total. The van der Waals surface area contributed by atoms with E-state index in [1.807, 2.05) is 0 Å². The number of carbonyl (C=O) groups is 1. The number of aliphatic hydroxyl groups excluding tert-OH is 1. The van der Waals surface area contributed by atoms with Gasteiger partial charge in [0.05, 0.1) is 6.33 Å². The molecule has 2 rings (SSSR count). The van der Waals surface area contributed by atoms with E-state index in [2.05, 4.69) is 22.2 Å². The minimum absolute atomic E-state index is 0.342. The Labute approximate surface area is 80.3 Å². The first-order valence-corrected chi connectivity index (χ1v) is 4.14. The lowest BCUT2D eigenvalue weighted by atomic mass is 10.3. The Morgan fingerprint density at radius 1 is 1.71 bits per heavy atom. The number of anilines is 1. The van der Waals surface area contributed by atoms with Crippen LogP contribution in [-0.2, 0) is 6.54 Å². The number of fused-ring (bicyclic) bond motifs is 1. The zero-order valence-electron chi connectivity index (χ0n) is 7.40. The van der Waals surface area contributed by atoms with Crippen molar-refractivity contribution in [2.45, 2.75) is 12.9 Å². The summed E-state index contributed by atoms with van der Waals surface area (Å²) in [5, 5.41) is 14.1. The summed E-state index contributed by atoms with van der Waals surface area (Å²) in [6.07, 6.45) is 2.12. The van der Waals surface area contributed by atoms with Gasteiger partial charge in [0.2, 0.25) is 6.35 Å². The van der Waals surface area contributed by atoms with Gasteiger partial charge in [0, 0.05) is 6.54 Å². The summed E-state index contributed by atoms with van der Waals surface area (Å²) in [6.45, 7) is 4.08. The van der Waals surface area contributed by atoms with E-state index in [-0.39, 0.29) is 5.91 Å². The summed E-state index contributed by atoms with van der Waals surface area (Å²) < 4.78 is 1.65. The van der Waals surface area contributed by atoms with Crippen LogP contribution in [0, 0.1) is 0 Å². The van der Waals surface area contributed by atoms with Gasteiger partial charge in [-0.15, -0.1) is 6.58 Å². The highest BCUT2D eigenvalue weighted by atomic mass is 16.3. The van der Waals surface area contributed by atoms with Crippen LogP contribution in [0.5, 0.6) is 0 Å². The second-order valence-electron chi connectivity index (χ2n) is 2.90. The first-order chi connectivity index (χ1) is 6.72. The van der Waals surface area contributed by atoms with Crippen LogP contribution in [0.25, 0.3) is 0 Å². The van der Waals surface area contributed by atoms with E-state index in [4.69, 9.17) is 5.11 Å². The SMILES string of the molecule is C=CCn1cnc2c1C(=O)NC(O)N2. The van der Waals surface area contributed by atoms with Crippen molar-refractivity contribution in [1.29, 1.82) is 0 Å². The molecule has 0 saturated heterocycles. The minimum atomic E-state index is -1.07. The highest BCUT2D eigenvalue weighted by Crippen LogP contribution is 2.17. The lowest BCUT2D eigenvalue weighted by Gasteiger charge is -2.20. The van der Waals surface area contributed by atoms with Gasteiger partial charge in [-0.25, -0.2) is 4.98 Å². The number of carbonyl (C=O) groups excluding carboxylic acids is 1. The fourth-order valence-electron chi connectivity index (χ4n) is 1.36. The van der Waals surface area contributed by atoms with Crippen LogP contribution < -0.4 is 10.6 Å². The number of rotatable bonds is 2. The Morgan fingerprint density at radius 2 is 2.50 bits per heavy atom. The van der Waals surface area contributed by atoms with Gasteiger partial charge < -0.3 is 20.3 Å². The summed E-state index contributed by atoms with van der Waals surface area (Å²) in [5.74, 6) is 0.0497. The van der Waals surface area contributed by atoms with Gasteiger partial charge in [0.15, 0.2) is 11.5 Å². The third kappa shape index (κ3) is 1.25. The number of nitrogens with zero attached hydrogens (tertiary/aromatic N) is 2. The first-order valence-electron chi connectivity index (χ1n) is 4.14. The molecule has 74 valence electrons. The molecule has 6 nitrogen and oxygen atoms in total. The summed E-state index contributed by atoms with van der Waals surface area (Å²) in [7, 11) is 0. The highest BCUT2D eigenvalue weighted by Gasteiger charge is 2.26.